The molecule has 3 N–H and O–H groups in total. The zero-order valence-corrected chi connectivity index (χ0v) is 15.3. The fourth-order valence-corrected chi connectivity index (χ4v) is 6.37. The molecule has 1 aromatic rings. The number of rotatable bonds is 2. The second-order valence-electron chi connectivity index (χ2n) is 2.36. The summed E-state index contributed by atoms with van der Waals surface area (Å²) >= 11 is 6.68. The molecule has 6 heteroatoms. The van der Waals surface area contributed by atoms with Crippen molar-refractivity contribution in [2.75, 3.05) is 3.53 Å². The van der Waals surface area contributed by atoms with Crippen LogP contribution in [0.5, 0.6) is 0 Å². The summed E-state index contributed by atoms with van der Waals surface area (Å²) in [5.74, 6) is 0. The predicted octanol–water partition coefficient (Wildman–Crippen LogP) is 0.0984. The van der Waals surface area contributed by atoms with E-state index in [0.29, 0.717) is 0 Å². The molecule has 0 aliphatic carbocycles. The third-order valence-corrected chi connectivity index (χ3v) is 5.72. The van der Waals surface area contributed by atoms with E-state index in [9.17, 15) is 0 Å². The summed E-state index contributed by atoms with van der Waals surface area (Å²) in [6.07, 6.45) is 0. The second-order valence-corrected chi connectivity index (χ2v) is 6.92. The normalized spacial score (nSPS) is 10.5. The molecule has 0 radical (unpaired) electrons. The molecule has 0 saturated heterocycles. The Kier molecular flexibility index (Phi) is 5.83. The van der Waals surface area contributed by atoms with Gasteiger partial charge in [-0.3, -0.25) is 0 Å². The quantitative estimate of drug-likeness (QED) is 0.361. The van der Waals surface area contributed by atoms with E-state index in [1.165, 1.54) is 22.0 Å². The van der Waals surface area contributed by atoms with E-state index >= 15 is 0 Å². The number of halogens is 4. The summed E-state index contributed by atoms with van der Waals surface area (Å²) in [7, 11) is 0. The molecule has 0 amide bonds. The average Bonchev–Trinajstić information content (AvgIpc) is 2.09. The molecule has 74 valence electrons. The van der Waals surface area contributed by atoms with Crippen molar-refractivity contribution in [2.45, 2.75) is 6.92 Å². The zero-order valence-electron chi connectivity index (χ0n) is 6.67. The van der Waals surface area contributed by atoms with Crippen LogP contribution in [0, 0.1) is 17.6 Å². The number of benzene rings is 1. The topological polar surface area (TPSA) is 38.0 Å². The standard InChI is InChI=1S/C7H7I4N2/c1-3-4(8)2-5(9)7(6(3)10)13-11-12/h2,13H,12H2,1H3/q-1. The van der Waals surface area contributed by atoms with Gasteiger partial charge in [0.1, 0.15) is 0 Å². The maximum absolute atomic E-state index is 5.58. The first-order chi connectivity index (χ1) is 6.07. The Hall–Kier alpha value is 1.90. The van der Waals surface area contributed by atoms with Gasteiger partial charge in [-0.2, -0.15) is 0 Å². The summed E-state index contributed by atoms with van der Waals surface area (Å²) in [5.41, 5.74) is 2.54. The fourth-order valence-electron chi connectivity index (χ4n) is 0.830. The predicted molar refractivity (Wildman–Crippen MR) is 77.1 cm³/mol. The van der Waals surface area contributed by atoms with E-state index < -0.39 is 0 Å². The minimum atomic E-state index is -0.390. The third kappa shape index (κ3) is 3.17. The van der Waals surface area contributed by atoms with Gasteiger partial charge in [0.15, 0.2) is 0 Å². The first-order valence-electron chi connectivity index (χ1n) is 3.30. The molecule has 2 nitrogen and oxygen atoms in total. The van der Waals surface area contributed by atoms with E-state index in [1.807, 2.05) is 0 Å². The van der Waals surface area contributed by atoms with Crippen molar-refractivity contribution >= 4 is 73.5 Å². The Balaban J connectivity index is 3.26. The van der Waals surface area contributed by atoms with Crippen LogP contribution < -0.4 is 29.2 Å². The van der Waals surface area contributed by atoms with Crippen molar-refractivity contribution in [3.8, 4) is 0 Å². The van der Waals surface area contributed by atoms with Gasteiger partial charge in [0.25, 0.3) is 0 Å². The first kappa shape index (κ1) is 13.0. The number of anilines is 1. The average molecular weight is 627 g/mol. The maximum atomic E-state index is 5.58. The fraction of sp³-hybridized carbons (Fsp3) is 0.143. The van der Waals surface area contributed by atoms with E-state index in [4.69, 9.17) is 3.95 Å². The van der Waals surface area contributed by atoms with Crippen LogP contribution in [0.25, 0.3) is 0 Å². The molecule has 1 rings (SSSR count). The molecular formula is C7H7I4N2-. The van der Waals surface area contributed by atoms with Gasteiger partial charge in [-0.15, -0.1) is 0 Å². The van der Waals surface area contributed by atoms with Gasteiger partial charge in [0.2, 0.25) is 0 Å². The van der Waals surface area contributed by atoms with Crippen molar-refractivity contribution in [1.82, 2.24) is 0 Å². The van der Waals surface area contributed by atoms with Crippen LogP contribution in [-0.4, -0.2) is 0 Å². The number of hydrogen-bond donors (Lipinski definition) is 2. The Morgan fingerprint density at radius 3 is 2.46 bits per heavy atom. The second kappa shape index (κ2) is 5.84. The summed E-state index contributed by atoms with van der Waals surface area (Å²) in [6, 6.07) is 2.18. The molecule has 0 aliphatic heterocycles. The van der Waals surface area contributed by atoms with E-state index in [-0.39, 0.29) is 21.8 Å². The molecule has 0 fully saturated rings. The van der Waals surface area contributed by atoms with E-state index in [2.05, 4.69) is 84.3 Å². The Morgan fingerprint density at radius 1 is 1.31 bits per heavy atom. The number of hydrogen-bond acceptors (Lipinski definition) is 2. The van der Waals surface area contributed by atoms with Crippen LogP contribution >= 0.6 is 67.8 Å². The molecular weight excluding hydrogens is 620 g/mol. The molecule has 0 bridgehead atoms. The molecule has 0 heterocycles. The molecule has 0 saturated carbocycles. The molecule has 0 spiro atoms. The van der Waals surface area contributed by atoms with Gasteiger partial charge >= 0.3 is 132 Å². The van der Waals surface area contributed by atoms with Crippen molar-refractivity contribution in [1.29, 1.82) is 0 Å². The minimum absolute atomic E-state index is 0.390. The summed E-state index contributed by atoms with van der Waals surface area (Å²) in [6.45, 7) is 2.14. The summed E-state index contributed by atoms with van der Waals surface area (Å²) in [4.78, 5) is 0. The molecule has 1 aromatic carbocycles. The van der Waals surface area contributed by atoms with Crippen LogP contribution in [-0.2, 0) is 0 Å². The van der Waals surface area contributed by atoms with Gasteiger partial charge in [-0.1, -0.05) is 0 Å². The monoisotopic (exact) mass is 627 g/mol. The van der Waals surface area contributed by atoms with Crippen molar-refractivity contribution in [3.05, 3.63) is 22.3 Å². The van der Waals surface area contributed by atoms with Gasteiger partial charge in [-0.05, 0) is 0 Å². The SMILES string of the molecule is Cc1c(I)cc(I)c(N[I-]N)c1I. The van der Waals surface area contributed by atoms with Gasteiger partial charge in [0, 0.05) is 0 Å². The van der Waals surface area contributed by atoms with Crippen LogP contribution in [0.1, 0.15) is 5.56 Å². The van der Waals surface area contributed by atoms with Gasteiger partial charge in [-0.25, -0.2) is 0 Å². The van der Waals surface area contributed by atoms with E-state index in [0.717, 1.165) is 0 Å². The van der Waals surface area contributed by atoms with Crippen LogP contribution in [0.15, 0.2) is 6.07 Å². The Labute approximate surface area is 130 Å². The Morgan fingerprint density at radius 2 is 1.92 bits per heavy atom. The summed E-state index contributed by atoms with van der Waals surface area (Å²) < 4.78 is 12.7. The third-order valence-electron chi connectivity index (χ3n) is 1.55. The van der Waals surface area contributed by atoms with Crippen molar-refractivity contribution in [3.63, 3.8) is 0 Å². The van der Waals surface area contributed by atoms with Crippen molar-refractivity contribution in [2.24, 2.45) is 3.95 Å². The molecule has 0 aliphatic rings. The first-order valence-corrected chi connectivity index (χ1v) is 8.86. The number of nitrogens with two attached hydrogens (primary N) is 1. The Bertz CT molecular complexity index is 327. The van der Waals surface area contributed by atoms with E-state index in [1.54, 1.807) is 0 Å². The molecule has 0 atom stereocenters. The van der Waals surface area contributed by atoms with Crippen LogP contribution in [0.3, 0.4) is 0 Å². The summed E-state index contributed by atoms with van der Waals surface area (Å²) in [5, 5.41) is 0. The molecule has 0 aromatic heterocycles. The van der Waals surface area contributed by atoms with Crippen molar-refractivity contribution < 1.29 is 21.8 Å². The van der Waals surface area contributed by atoms with Gasteiger partial charge < -0.3 is 0 Å². The van der Waals surface area contributed by atoms with Crippen LogP contribution in [0.2, 0.25) is 0 Å². The number of nitrogens with one attached hydrogen (secondary N) is 1. The van der Waals surface area contributed by atoms with Gasteiger partial charge in [0.05, 0.1) is 0 Å². The molecule has 0 unspecified atom stereocenters. The zero-order chi connectivity index (χ0) is 10.0. The van der Waals surface area contributed by atoms with Crippen LogP contribution in [0.4, 0.5) is 5.69 Å². The molecule has 13 heavy (non-hydrogen) atoms.